The van der Waals surface area contributed by atoms with Crippen LogP contribution in [0.2, 0.25) is 0 Å². The molecule has 0 fully saturated rings. The van der Waals surface area contributed by atoms with Gasteiger partial charge in [0.25, 0.3) is 11.8 Å². The summed E-state index contributed by atoms with van der Waals surface area (Å²) in [6, 6.07) is 31.0. The molecular formula is C34H34N2O6. The first-order valence-electron chi connectivity index (χ1n) is 13.8. The monoisotopic (exact) mass is 566 g/mol. The summed E-state index contributed by atoms with van der Waals surface area (Å²) < 4.78 is 22.1. The fourth-order valence-corrected chi connectivity index (χ4v) is 5.27. The Labute approximate surface area is 246 Å². The molecule has 0 saturated carbocycles. The molecule has 2 atom stereocenters. The third-order valence-corrected chi connectivity index (χ3v) is 7.29. The highest BCUT2D eigenvalue weighted by atomic mass is 16.5. The van der Waals surface area contributed by atoms with Crippen LogP contribution in [0.4, 0.5) is 11.4 Å². The number of nitrogens with zero attached hydrogens (tertiary/aromatic N) is 2. The molecule has 0 bridgehead atoms. The number of amides is 2. The Morgan fingerprint density at radius 1 is 0.714 bits per heavy atom. The lowest BCUT2D eigenvalue weighted by Gasteiger charge is -2.43. The standard InChI is InChI=1S/C34H34N2O6/c1-24-21-32(36(25-9-5-4-6-10-25)34(38)23-42-29-19-15-27(40-3)16-20-29)30-11-7-8-12-31(30)35(24)33(37)22-41-28-17-13-26(39-2)14-18-28/h4-20,24,32H,21-23H2,1-3H3/t24-,32-/m1/s1. The third kappa shape index (κ3) is 6.33. The van der Waals surface area contributed by atoms with E-state index in [1.54, 1.807) is 72.6 Å². The number of benzene rings is 4. The number of hydrogen-bond acceptors (Lipinski definition) is 6. The quantitative estimate of drug-likeness (QED) is 0.232. The predicted molar refractivity (Wildman–Crippen MR) is 162 cm³/mol. The average Bonchev–Trinajstić information content (AvgIpc) is 3.03. The molecule has 0 unspecified atom stereocenters. The van der Waals surface area contributed by atoms with E-state index in [0.717, 1.165) is 16.9 Å². The highest BCUT2D eigenvalue weighted by Crippen LogP contribution is 2.42. The zero-order valence-corrected chi connectivity index (χ0v) is 23.9. The van der Waals surface area contributed by atoms with E-state index in [1.165, 1.54) is 0 Å². The van der Waals surface area contributed by atoms with Gasteiger partial charge in [-0.2, -0.15) is 0 Å². The van der Waals surface area contributed by atoms with Gasteiger partial charge in [-0.05, 0) is 85.6 Å². The summed E-state index contributed by atoms with van der Waals surface area (Å²) in [7, 11) is 3.20. The highest BCUT2D eigenvalue weighted by Gasteiger charge is 2.38. The summed E-state index contributed by atoms with van der Waals surface area (Å²) in [5, 5.41) is 0. The summed E-state index contributed by atoms with van der Waals surface area (Å²) in [6.45, 7) is 1.73. The normalized spacial score (nSPS) is 15.7. The smallest absolute Gasteiger partial charge is 0.265 e. The van der Waals surface area contributed by atoms with Crippen molar-refractivity contribution in [3.8, 4) is 23.0 Å². The number of para-hydroxylation sites is 2. The first kappa shape index (κ1) is 28.5. The van der Waals surface area contributed by atoms with Gasteiger partial charge >= 0.3 is 0 Å². The molecule has 42 heavy (non-hydrogen) atoms. The van der Waals surface area contributed by atoms with Crippen molar-refractivity contribution >= 4 is 23.2 Å². The first-order chi connectivity index (χ1) is 20.5. The summed E-state index contributed by atoms with van der Waals surface area (Å²) in [5.74, 6) is 2.23. The molecule has 0 saturated heterocycles. The molecule has 2 amide bonds. The van der Waals surface area contributed by atoms with Crippen molar-refractivity contribution in [2.45, 2.75) is 25.4 Å². The fourth-order valence-electron chi connectivity index (χ4n) is 5.27. The van der Waals surface area contributed by atoms with Gasteiger partial charge in [-0.3, -0.25) is 9.59 Å². The minimum atomic E-state index is -0.308. The summed E-state index contributed by atoms with van der Waals surface area (Å²) in [5.41, 5.74) is 2.40. The van der Waals surface area contributed by atoms with Gasteiger partial charge < -0.3 is 28.7 Å². The largest absolute Gasteiger partial charge is 0.497 e. The lowest BCUT2D eigenvalue weighted by Crippen LogP contribution is -2.49. The molecule has 0 radical (unpaired) electrons. The number of carbonyl (C=O) groups excluding carboxylic acids is 2. The van der Waals surface area contributed by atoms with Gasteiger partial charge in [0, 0.05) is 17.4 Å². The number of rotatable bonds is 10. The molecule has 0 spiro atoms. The van der Waals surface area contributed by atoms with Crippen molar-refractivity contribution in [2.24, 2.45) is 0 Å². The van der Waals surface area contributed by atoms with Crippen LogP contribution in [0, 0.1) is 0 Å². The maximum absolute atomic E-state index is 13.8. The van der Waals surface area contributed by atoms with Crippen LogP contribution in [0.25, 0.3) is 0 Å². The molecule has 8 nitrogen and oxygen atoms in total. The van der Waals surface area contributed by atoms with E-state index in [0.29, 0.717) is 29.4 Å². The second-order valence-corrected chi connectivity index (χ2v) is 9.95. The maximum atomic E-state index is 13.8. The fraction of sp³-hybridized carbons (Fsp3) is 0.235. The lowest BCUT2D eigenvalue weighted by atomic mass is 9.90. The van der Waals surface area contributed by atoms with Crippen molar-refractivity contribution in [1.82, 2.24) is 0 Å². The zero-order chi connectivity index (χ0) is 29.5. The van der Waals surface area contributed by atoms with E-state index in [4.69, 9.17) is 18.9 Å². The molecular weight excluding hydrogens is 532 g/mol. The van der Waals surface area contributed by atoms with Crippen molar-refractivity contribution < 1.29 is 28.5 Å². The van der Waals surface area contributed by atoms with Crippen molar-refractivity contribution in [3.63, 3.8) is 0 Å². The van der Waals surface area contributed by atoms with E-state index >= 15 is 0 Å². The van der Waals surface area contributed by atoms with Gasteiger partial charge in [0.15, 0.2) is 13.2 Å². The number of anilines is 2. The van der Waals surface area contributed by atoms with Crippen LogP contribution in [0.1, 0.15) is 24.9 Å². The van der Waals surface area contributed by atoms with Crippen LogP contribution in [0.5, 0.6) is 23.0 Å². The molecule has 0 N–H and O–H groups in total. The molecule has 5 rings (SSSR count). The molecule has 0 aromatic heterocycles. The Bertz CT molecular complexity index is 1490. The number of methoxy groups -OCH3 is 2. The van der Waals surface area contributed by atoms with E-state index in [2.05, 4.69) is 0 Å². The SMILES string of the molecule is COc1ccc(OCC(=O)N2c3ccccc3[C@H](N(C(=O)COc3ccc(OC)cc3)c3ccccc3)C[C@H]2C)cc1. The summed E-state index contributed by atoms with van der Waals surface area (Å²) in [6.07, 6.45) is 0.536. The van der Waals surface area contributed by atoms with E-state index < -0.39 is 0 Å². The topological polar surface area (TPSA) is 77.5 Å². The lowest BCUT2D eigenvalue weighted by molar-refractivity contribution is -0.121. The van der Waals surface area contributed by atoms with Gasteiger partial charge in [-0.1, -0.05) is 36.4 Å². The minimum absolute atomic E-state index is 0.118. The van der Waals surface area contributed by atoms with Gasteiger partial charge in [0.2, 0.25) is 0 Å². The van der Waals surface area contributed by atoms with Gasteiger partial charge in [-0.15, -0.1) is 0 Å². The molecule has 0 aliphatic carbocycles. The Morgan fingerprint density at radius 3 is 1.83 bits per heavy atom. The Balaban J connectivity index is 1.39. The molecule has 216 valence electrons. The number of fused-ring (bicyclic) bond motifs is 1. The number of carbonyl (C=O) groups is 2. The Morgan fingerprint density at radius 2 is 1.24 bits per heavy atom. The average molecular weight is 567 g/mol. The van der Waals surface area contributed by atoms with Crippen molar-refractivity contribution in [1.29, 1.82) is 0 Å². The zero-order valence-electron chi connectivity index (χ0n) is 23.9. The van der Waals surface area contributed by atoms with E-state index in [1.807, 2.05) is 61.5 Å². The maximum Gasteiger partial charge on any atom is 0.265 e. The van der Waals surface area contributed by atoms with Gasteiger partial charge in [0.1, 0.15) is 23.0 Å². The Hall–Kier alpha value is -4.98. The second kappa shape index (κ2) is 13.1. The van der Waals surface area contributed by atoms with Crippen LogP contribution in [0.15, 0.2) is 103 Å². The van der Waals surface area contributed by atoms with E-state index in [-0.39, 0.29) is 37.1 Å². The number of ether oxygens (including phenoxy) is 4. The van der Waals surface area contributed by atoms with Crippen LogP contribution in [-0.4, -0.2) is 45.3 Å². The van der Waals surface area contributed by atoms with Crippen LogP contribution in [0.3, 0.4) is 0 Å². The second-order valence-electron chi connectivity index (χ2n) is 9.95. The van der Waals surface area contributed by atoms with Gasteiger partial charge in [-0.25, -0.2) is 0 Å². The molecule has 4 aromatic carbocycles. The molecule has 1 heterocycles. The predicted octanol–water partition coefficient (Wildman–Crippen LogP) is 6.06. The number of hydrogen-bond donors (Lipinski definition) is 0. The molecule has 1 aliphatic rings. The third-order valence-electron chi connectivity index (χ3n) is 7.29. The first-order valence-corrected chi connectivity index (χ1v) is 13.8. The molecule has 8 heteroatoms. The van der Waals surface area contributed by atoms with Gasteiger partial charge in [0.05, 0.1) is 20.3 Å². The van der Waals surface area contributed by atoms with E-state index in [9.17, 15) is 9.59 Å². The minimum Gasteiger partial charge on any atom is -0.497 e. The Kier molecular flexibility index (Phi) is 8.92. The molecule has 4 aromatic rings. The summed E-state index contributed by atoms with van der Waals surface area (Å²) >= 11 is 0. The summed E-state index contributed by atoms with van der Waals surface area (Å²) in [4.78, 5) is 30.9. The van der Waals surface area contributed by atoms with Crippen molar-refractivity contribution in [3.05, 3.63) is 109 Å². The molecule has 1 aliphatic heterocycles. The van der Waals surface area contributed by atoms with Crippen LogP contribution < -0.4 is 28.7 Å². The van der Waals surface area contributed by atoms with Crippen molar-refractivity contribution in [2.75, 3.05) is 37.2 Å². The highest BCUT2D eigenvalue weighted by molar-refractivity contribution is 5.99. The van der Waals surface area contributed by atoms with Crippen LogP contribution >= 0.6 is 0 Å². The van der Waals surface area contributed by atoms with Crippen LogP contribution in [-0.2, 0) is 9.59 Å².